The van der Waals surface area contributed by atoms with Crippen LogP contribution in [0.1, 0.15) is 26.7 Å². The van der Waals surface area contributed by atoms with E-state index in [1.807, 2.05) is 0 Å². The second-order valence-electron chi connectivity index (χ2n) is 5.47. The van der Waals surface area contributed by atoms with E-state index in [9.17, 15) is 14.3 Å². The Balaban J connectivity index is 2.25. The number of rotatable bonds is 7. The van der Waals surface area contributed by atoms with Crippen LogP contribution in [0.5, 0.6) is 5.75 Å². The van der Waals surface area contributed by atoms with Crippen LogP contribution in [0.3, 0.4) is 0 Å². The molecule has 0 aliphatic heterocycles. The molecule has 0 aliphatic carbocycles. The molecule has 1 amide bonds. The second-order valence-corrected chi connectivity index (χ2v) is 5.47. The van der Waals surface area contributed by atoms with E-state index in [4.69, 9.17) is 4.74 Å². The summed E-state index contributed by atoms with van der Waals surface area (Å²) in [7, 11) is 1.66. The minimum absolute atomic E-state index is 0.0463. The highest BCUT2D eigenvalue weighted by molar-refractivity contribution is 5.75. The molecule has 1 aromatic carbocycles. The highest BCUT2D eigenvalue weighted by Gasteiger charge is 2.18. The van der Waals surface area contributed by atoms with Crippen molar-refractivity contribution in [1.82, 2.24) is 4.90 Å². The van der Waals surface area contributed by atoms with Crippen LogP contribution in [0.25, 0.3) is 0 Å². The standard InChI is InChI=1S/C15H22FNO3/c1-15(2,19)11-17(3)14(18)8-5-9-20-13-7-4-6-12(16)10-13/h4,6-7,10,19H,5,8-9,11H2,1-3H3. The molecule has 0 atom stereocenters. The SMILES string of the molecule is CN(CC(C)(C)O)C(=O)CCCOc1cccc(F)c1. The maximum atomic E-state index is 12.9. The van der Waals surface area contributed by atoms with Gasteiger partial charge in [-0.25, -0.2) is 4.39 Å². The molecule has 0 saturated carbocycles. The summed E-state index contributed by atoms with van der Waals surface area (Å²) in [6.07, 6.45) is 0.882. The van der Waals surface area contributed by atoms with Crippen molar-refractivity contribution in [2.75, 3.05) is 20.2 Å². The van der Waals surface area contributed by atoms with Gasteiger partial charge in [0.25, 0.3) is 0 Å². The molecule has 0 unspecified atom stereocenters. The van der Waals surface area contributed by atoms with Crippen LogP contribution >= 0.6 is 0 Å². The average Bonchev–Trinajstić information content (AvgIpc) is 2.32. The average molecular weight is 283 g/mol. The Kier molecular flexibility index (Phi) is 5.95. The van der Waals surface area contributed by atoms with E-state index in [1.54, 1.807) is 33.0 Å². The smallest absolute Gasteiger partial charge is 0.222 e. The predicted octanol–water partition coefficient (Wildman–Crippen LogP) is 2.21. The first-order valence-electron chi connectivity index (χ1n) is 6.63. The first kappa shape index (κ1) is 16.4. The zero-order valence-corrected chi connectivity index (χ0v) is 12.2. The Labute approximate surface area is 119 Å². The molecular formula is C15H22FNO3. The van der Waals surface area contributed by atoms with Crippen LogP contribution in [0.2, 0.25) is 0 Å². The van der Waals surface area contributed by atoms with Crippen LogP contribution in [0, 0.1) is 5.82 Å². The van der Waals surface area contributed by atoms with Gasteiger partial charge in [-0.15, -0.1) is 0 Å². The molecule has 5 heteroatoms. The van der Waals surface area contributed by atoms with E-state index in [-0.39, 0.29) is 18.3 Å². The molecule has 1 aromatic rings. The van der Waals surface area contributed by atoms with Crippen LogP contribution in [-0.4, -0.2) is 41.7 Å². The van der Waals surface area contributed by atoms with E-state index in [1.165, 1.54) is 17.0 Å². The van der Waals surface area contributed by atoms with E-state index in [0.29, 0.717) is 25.2 Å². The summed E-state index contributed by atoms with van der Waals surface area (Å²) < 4.78 is 18.3. The van der Waals surface area contributed by atoms with Gasteiger partial charge < -0.3 is 14.7 Å². The number of aliphatic hydroxyl groups is 1. The van der Waals surface area contributed by atoms with Gasteiger partial charge in [0.1, 0.15) is 11.6 Å². The Morgan fingerprint density at radius 3 is 2.75 bits per heavy atom. The molecule has 0 aliphatic rings. The van der Waals surface area contributed by atoms with Gasteiger partial charge in [-0.05, 0) is 32.4 Å². The lowest BCUT2D eigenvalue weighted by molar-refractivity contribution is -0.132. The quantitative estimate of drug-likeness (QED) is 0.781. The second kappa shape index (κ2) is 7.24. The van der Waals surface area contributed by atoms with E-state index in [0.717, 1.165) is 0 Å². The van der Waals surface area contributed by atoms with Crippen molar-refractivity contribution >= 4 is 5.91 Å². The number of halogens is 1. The van der Waals surface area contributed by atoms with Crippen LogP contribution in [0.4, 0.5) is 4.39 Å². The number of likely N-dealkylation sites (N-methyl/N-ethyl adjacent to an activating group) is 1. The molecule has 0 saturated heterocycles. The Bertz CT molecular complexity index is 443. The summed E-state index contributed by atoms with van der Waals surface area (Å²) in [5.41, 5.74) is -0.900. The summed E-state index contributed by atoms with van der Waals surface area (Å²) in [4.78, 5) is 13.3. The van der Waals surface area contributed by atoms with E-state index < -0.39 is 5.60 Å². The lowest BCUT2D eigenvalue weighted by atomic mass is 10.1. The number of amides is 1. The summed E-state index contributed by atoms with van der Waals surface area (Å²) in [6, 6.07) is 5.91. The minimum Gasteiger partial charge on any atom is -0.493 e. The zero-order valence-electron chi connectivity index (χ0n) is 12.2. The number of carbonyl (C=O) groups excluding carboxylic acids is 1. The lowest BCUT2D eigenvalue weighted by Crippen LogP contribution is -2.39. The van der Waals surface area contributed by atoms with Crippen LogP contribution in [-0.2, 0) is 4.79 Å². The first-order chi connectivity index (χ1) is 9.28. The van der Waals surface area contributed by atoms with Gasteiger partial charge in [0.2, 0.25) is 5.91 Å². The van der Waals surface area contributed by atoms with Crippen molar-refractivity contribution < 1.29 is 19.0 Å². The Morgan fingerprint density at radius 1 is 1.45 bits per heavy atom. The maximum Gasteiger partial charge on any atom is 0.222 e. The van der Waals surface area contributed by atoms with Crippen molar-refractivity contribution in [2.45, 2.75) is 32.3 Å². The molecular weight excluding hydrogens is 261 g/mol. The first-order valence-corrected chi connectivity index (χ1v) is 6.63. The number of benzene rings is 1. The van der Waals surface area contributed by atoms with Gasteiger partial charge in [-0.2, -0.15) is 0 Å². The molecule has 0 bridgehead atoms. The van der Waals surface area contributed by atoms with Crippen LogP contribution < -0.4 is 4.74 Å². The van der Waals surface area contributed by atoms with Gasteiger partial charge in [0.15, 0.2) is 0 Å². The number of hydrogen-bond donors (Lipinski definition) is 1. The number of carbonyl (C=O) groups is 1. The summed E-state index contributed by atoms with van der Waals surface area (Å²) in [6.45, 7) is 3.95. The molecule has 1 N–H and O–H groups in total. The monoisotopic (exact) mass is 283 g/mol. The zero-order chi connectivity index (χ0) is 15.2. The number of hydrogen-bond acceptors (Lipinski definition) is 3. The van der Waals surface area contributed by atoms with Gasteiger partial charge in [-0.3, -0.25) is 4.79 Å². The molecule has 0 aromatic heterocycles. The fraction of sp³-hybridized carbons (Fsp3) is 0.533. The number of ether oxygens (including phenoxy) is 1. The summed E-state index contributed by atoms with van der Waals surface area (Å²) in [5, 5.41) is 9.63. The Hall–Kier alpha value is -1.62. The highest BCUT2D eigenvalue weighted by Crippen LogP contribution is 2.12. The van der Waals surface area contributed by atoms with Gasteiger partial charge >= 0.3 is 0 Å². The molecule has 112 valence electrons. The summed E-state index contributed by atoms with van der Waals surface area (Å²) >= 11 is 0. The van der Waals surface area contributed by atoms with Crippen molar-refractivity contribution in [3.8, 4) is 5.75 Å². The molecule has 0 heterocycles. The lowest BCUT2D eigenvalue weighted by Gasteiger charge is -2.25. The van der Waals surface area contributed by atoms with E-state index in [2.05, 4.69) is 0 Å². The molecule has 0 spiro atoms. The highest BCUT2D eigenvalue weighted by atomic mass is 19.1. The van der Waals surface area contributed by atoms with Crippen molar-refractivity contribution in [1.29, 1.82) is 0 Å². The molecule has 0 radical (unpaired) electrons. The van der Waals surface area contributed by atoms with Crippen LogP contribution in [0.15, 0.2) is 24.3 Å². The topological polar surface area (TPSA) is 49.8 Å². The van der Waals surface area contributed by atoms with E-state index >= 15 is 0 Å². The largest absolute Gasteiger partial charge is 0.493 e. The Morgan fingerprint density at radius 2 is 2.15 bits per heavy atom. The van der Waals surface area contributed by atoms with Gasteiger partial charge in [-0.1, -0.05) is 6.07 Å². The maximum absolute atomic E-state index is 12.9. The third kappa shape index (κ3) is 6.52. The van der Waals surface area contributed by atoms with Crippen molar-refractivity contribution in [2.24, 2.45) is 0 Å². The molecule has 4 nitrogen and oxygen atoms in total. The molecule has 20 heavy (non-hydrogen) atoms. The van der Waals surface area contributed by atoms with Crippen molar-refractivity contribution in [3.63, 3.8) is 0 Å². The molecule has 1 rings (SSSR count). The fourth-order valence-electron chi connectivity index (χ4n) is 1.83. The predicted molar refractivity (Wildman–Crippen MR) is 75.1 cm³/mol. The third-order valence-electron chi connectivity index (χ3n) is 2.65. The van der Waals surface area contributed by atoms with Gasteiger partial charge in [0, 0.05) is 26.1 Å². The summed E-state index contributed by atoms with van der Waals surface area (Å²) in [5.74, 6) is 0.0701. The third-order valence-corrected chi connectivity index (χ3v) is 2.65. The normalized spacial score (nSPS) is 11.2. The van der Waals surface area contributed by atoms with Gasteiger partial charge in [0.05, 0.1) is 12.2 Å². The molecule has 0 fully saturated rings. The number of nitrogens with zero attached hydrogens (tertiary/aromatic N) is 1. The minimum atomic E-state index is -0.900. The van der Waals surface area contributed by atoms with Crippen molar-refractivity contribution in [3.05, 3.63) is 30.1 Å². The fourth-order valence-corrected chi connectivity index (χ4v) is 1.83.